The second-order valence-electron chi connectivity index (χ2n) is 3.34. The Labute approximate surface area is 99.3 Å². The van der Waals surface area contributed by atoms with Crippen LogP contribution < -0.4 is 5.73 Å². The number of halogens is 2. The van der Waals surface area contributed by atoms with Gasteiger partial charge in [-0.05, 0) is 18.2 Å². The number of nitro groups is 1. The van der Waals surface area contributed by atoms with E-state index in [0.29, 0.717) is 0 Å². The molecule has 1 aromatic carbocycles. The molecule has 0 unspecified atom stereocenters. The molecule has 0 atom stereocenters. The molecule has 0 saturated heterocycles. The lowest BCUT2D eigenvalue weighted by Gasteiger charge is -2.04. The number of nitrogens with two attached hydrogens (primary N) is 1. The molecule has 0 fully saturated rings. The topological polar surface area (TPSA) is 94.9 Å². The molecule has 2 aromatic rings. The summed E-state index contributed by atoms with van der Waals surface area (Å²) in [6, 6.07) is 2.56. The third-order valence-electron chi connectivity index (χ3n) is 2.17. The lowest BCUT2D eigenvalue weighted by atomic mass is 10.1. The smallest absolute Gasteiger partial charge is 0.313 e. The highest BCUT2D eigenvalue weighted by Gasteiger charge is 2.21. The largest absolute Gasteiger partial charge is 0.368 e. The van der Waals surface area contributed by atoms with Crippen molar-refractivity contribution in [3.05, 3.63) is 46.1 Å². The second-order valence-corrected chi connectivity index (χ2v) is 3.34. The molecule has 1 aromatic heterocycles. The number of anilines is 1. The van der Waals surface area contributed by atoms with Gasteiger partial charge < -0.3 is 5.73 Å². The maximum absolute atomic E-state index is 13.5. The molecule has 8 heteroatoms. The zero-order valence-corrected chi connectivity index (χ0v) is 8.80. The van der Waals surface area contributed by atoms with E-state index in [1.165, 1.54) is 0 Å². The van der Waals surface area contributed by atoms with Crippen molar-refractivity contribution >= 4 is 11.6 Å². The van der Waals surface area contributed by atoms with E-state index in [9.17, 15) is 18.9 Å². The van der Waals surface area contributed by atoms with Crippen LogP contribution in [-0.4, -0.2) is 14.9 Å². The molecule has 0 aliphatic carbocycles. The quantitative estimate of drug-likeness (QED) is 0.650. The Bertz CT molecular complexity index is 633. The minimum absolute atomic E-state index is 0.265. The Morgan fingerprint density at radius 3 is 2.72 bits per heavy atom. The van der Waals surface area contributed by atoms with E-state index < -0.39 is 22.2 Å². The van der Waals surface area contributed by atoms with Crippen LogP contribution in [0.2, 0.25) is 0 Å². The Morgan fingerprint density at radius 1 is 1.33 bits per heavy atom. The number of nitrogen functional groups attached to an aromatic ring is 1. The van der Waals surface area contributed by atoms with Crippen LogP contribution in [0.1, 0.15) is 0 Å². The lowest BCUT2D eigenvalue weighted by molar-refractivity contribution is -0.384. The number of hydrogen-bond acceptors (Lipinski definition) is 5. The minimum Gasteiger partial charge on any atom is -0.368 e. The normalized spacial score (nSPS) is 10.3. The molecule has 0 bridgehead atoms. The zero-order chi connectivity index (χ0) is 13.3. The molecule has 6 nitrogen and oxygen atoms in total. The first-order valence-electron chi connectivity index (χ1n) is 4.71. The fraction of sp³-hybridized carbons (Fsp3) is 0. The van der Waals surface area contributed by atoms with Gasteiger partial charge in [0.15, 0.2) is 5.69 Å². The molecule has 1 heterocycles. The molecule has 0 radical (unpaired) electrons. The van der Waals surface area contributed by atoms with Crippen molar-refractivity contribution in [2.75, 3.05) is 5.73 Å². The third kappa shape index (κ3) is 2.08. The Kier molecular flexibility index (Phi) is 2.84. The van der Waals surface area contributed by atoms with Gasteiger partial charge in [0.1, 0.15) is 17.8 Å². The summed E-state index contributed by atoms with van der Waals surface area (Å²) in [5.74, 6) is -1.84. The van der Waals surface area contributed by atoms with E-state index in [2.05, 4.69) is 9.97 Å². The Hall–Kier alpha value is -2.64. The molecule has 92 valence electrons. The first-order chi connectivity index (χ1) is 8.49. The molecule has 0 spiro atoms. The fourth-order valence-electron chi connectivity index (χ4n) is 1.40. The maximum Gasteiger partial charge on any atom is 0.313 e. The third-order valence-corrected chi connectivity index (χ3v) is 2.17. The lowest BCUT2D eigenvalue weighted by Crippen LogP contribution is -2.02. The highest BCUT2D eigenvalue weighted by molar-refractivity contribution is 5.70. The van der Waals surface area contributed by atoms with Crippen molar-refractivity contribution in [3.8, 4) is 11.3 Å². The van der Waals surface area contributed by atoms with Crippen LogP contribution in [0.3, 0.4) is 0 Å². The molecule has 0 aliphatic heterocycles. The van der Waals surface area contributed by atoms with Gasteiger partial charge in [-0.15, -0.1) is 0 Å². The van der Waals surface area contributed by atoms with Crippen molar-refractivity contribution in [1.29, 1.82) is 0 Å². The number of benzene rings is 1. The highest BCUT2D eigenvalue weighted by atomic mass is 19.1. The van der Waals surface area contributed by atoms with Gasteiger partial charge in [-0.3, -0.25) is 10.1 Å². The zero-order valence-electron chi connectivity index (χ0n) is 8.80. The summed E-state index contributed by atoms with van der Waals surface area (Å²) < 4.78 is 26.6. The minimum atomic E-state index is -0.836. The van der Waals surface area contributed by atoms with E-state index in [1.807, 2.05) is 0 Å². The second kappa shape index (κ2) is 4.32. The Balaban J connectivity index is 2.73. The number of aromatic nitrogens is 2. The average Bonchev–Trinajstić information content (AvgIpc) is 2.31. The van der Waals surface area contributed by atoms with Crippen molar-refractivity contribution in [3.63, 3.8) is 0 Å². The Morgan fingerprint density at radius 2 is 2.06 bits per heavy atom. The van der Waals surface area contributed by atoms with Crippen molar-refractivity contribution in [2.45, 2.75) is 0 Å². The predicted molar refractivity (Wildman–Crippen MR) is 58.5 cm³/mol. The van der Waals surface area contributed by atoms with E-state index in [4.69, 9.17) is 5.73 Å². The molecule has 0 saturated carbocycles. The summed E-state index contributed by atoms with van der Waals surface area (Å²) in [4.78, 5) is 17.0. The number of nitrogens with zero attached hydrogens (tertiary/aromatic N) is 3. The van der Waals surface area contributed by atoms with E-state index in [-0.39, 0.29) is 17.2 Å². The number of hydrogen-bond donors (Lipinski definition) is 1. The summed E-state index contributed by atoms with van der Waals surface area (Å²) in [7, 11) is 0. The van der Waals surface area contributed by atoms with E-state index in [0.717, 1.165) is 24.4 Å². The van der Waals surface area contributed by atoms with Crippen molar-refractivity contribution in [2.24, 2.45) is 0 Å². The molecule has 2 N–H and O–H groups in total. The van der Waals surface area contributed by atoms with Crippen LogP contribution in [0, 0.1) is 21.7 Å². The molecular weight excluding hydrogens is 246 g/mol. The molecule has 0 amide bonds. The van der Waals surface area contributed by atoms with E-state index >= 15 is 0 Å². The first-order valence-corrected chi connectivity index (χ1v) is 4.71. The van der Waals surface area contributed by atoms with Gasteiger partial charge in [-0.25, -0.2) is 18.7 Å². The van der Waals surface area contributed by atoms with Gasteiger partial charge in [-0.2, -0.15) is 0 Å². The van der Waals surface area contributed by atoms with Crippen molar-refractivity contribution in [1.82, 2.24) is 9.97 Å². The molecular formula is C10H6F2N4O2. The van der Waals surface area contributed by atoms with Crippen LogP contribution in [0.25, 0.3) is 11.3 Å². The van der Waals surface area contributed by atoms with Crippen LogP contribution in [0.15, 0.2) is 24.4 Å². The SMILES string of the molecule is Nc1ncc([N+](=O)[O-])c(-c2cc(F)ccc2F)n1. The van der Waals surface area contributed by atoms with Crippen LogP contribution in [-0.2, 0) is 0 Å². The van der Waals surface area contributed by atoms with Crippen LogP contribution in [0.5, 0.6) is 0 Å². The van der Waals surface area contributed by atoms with Gasteiger partial charge >= 0.3 is 5.69 Å². The first kappa shape index (κ1) is 11.8. The standard InChI is InChI=1S/C10H6F2N4O2/c11-5-1-2-7(12)6(3-5)9-8(16(17)18)4-14-10(13)15-9/h1-4H,(H2,13,14,15). The average molecular weight is 252 g/mol. The van der Waals surface area contributed by atoms with Gasteiger partial charge in [0, 0.05) is 5.56 Å². The summed E-state index contributed by atoms with van der Waals surface area (Å²) in [6.45, 7) is 0. The fourth-order valence-corrected chi connectivity index (χ4v) is 1.40. The summed E-state index contributed by atoms with van der Waals surface area (Å²) in [5.41, 5.74) is 4.05. The molecule has 2 rings (SSSR count). The highest BCUT2D eigenvalue weighted by Crippen LogP contribution is 2.30. The van der Waals surface area contributed by atoms with Crippen LogP contribution >= 0.6 is 0 Å². The van der Waals surface area contributed by atoms with Crippen LogP contribution in [0.4, 0.5) is 20.4 Å². The van der Waals surface area contributed by atoms with Gasteiger partial charge in [0.05, 0.1) is 4.92 Å². The van der Waals surface area contributed by atoms with Gasteiger partial charge in [-0.1, -0.05) is 0 Å². The molecule has 0 aliphatic rings. The summed E-state index contributed by atoms with van der Waals surface area (Å²) in [5, 5.41) is 10.8. The summed E-state index contributed by atoms with van der Waals surface area (Å²) >= 11 is 0. The predicted octanol–water partition coefficient (Wildman–Crippen LogP) is 1.91. The van der Waals surface area contributed by atoms with Gasteiger partial charge in [0.25, 0.3) is 0 Å². The maximum atomic E-state index is 13.5. The monoisotopic (exact) mass is 252 g/mol. The van der Waals surface area contributed by atoms with Crippen molar-refractivity contribution < 1.29 is 13.7 Å². The number of rotatable bonds is 2. The van der Waals surface area contributed by atoms with E-state index in [1.54, 1.807) is 0 Å². The summed E-state index contributed by atoms with van der Waals surface area (Å²) in [6.07, 6.45) is 0.849. The van der Waals surface area contributed by atoms with Gasteiger partial charge in [0.2, 0.25) is 5.95 Å². The molecule has 18 heavy (non-hydrogen) atoms.